The standard InChI is InChI=1S/C28H34N4O6S/c1-20(2)12-16-37-24-17-21(28(33)29-27-11-13-31(3)30-27)18-25(19-24)38-23-5-7-26(8-6-23)39(34,35)32-14-9-22(36-4)10-15-32/h5-8,11-13,17-19,22H,9-10,14-16H2,1-4H3,(H,29,30,33). The van der Waals surface area contributed by atoms with Crippen molar-refractivity contribution in [2.24, 2.45) is 7.05 Å². The van der Waals surface area contributed by atoms with E-state index in [2.05, 4.69) is 10.4 Å². The lowest BCUT2D eigenvalue weighted by molar-refractivity contribution is 0.0604. The maximum atomic E-state index is 13.1. The fraction of sp³-hybridized carbons (Fsp3) is 0.357. The van der Waals surface area contributed by atoms with Crippen LogP contribution in [-0.4, -0.2) is 61.3 Å². The molecule has 0 atom stereocenters. The molecule has 39 heavy (non-hydrogen) atoms. The molecule has 0 unspecified atom stereocenters. The third-order valence-corrected chi connectivity index (χ3v) is 8.18. The minimum atomic E-state index is -3.62. The molecular formula is C28H34N4O6S. The Morgan fingerprint density at radius 2 is 1.74 bits per heavy atom. The Labute approximate surface area is 229 Å². The van der Waals surface area contributed by atoms with Crippen LogP contribution in [0.1, 0.15) is 37.0 Å². The van der Waals surface area contributed by atoms with Gasteiger partial charge in [-0.25, -0.2) is 8.42 Å². The Kier molecular flexibility index (Phi) is 9.05. The lowest BCUT2D eigenvalue weighted by Gasteiger charge is -2.30. The highest BCUT2D eigenvalue weighted by molar-refractivity contribution is 7.89. The third-order valence-electron chi connectivity index (χ3n) is 6.27. The largest absolute Gasteiger partial charge is 0.489 e. The summed E-state index contributed by atoms with van der Waals surface area (Å²) in [5, 5.41) is 6.94. The minimum Gasteiger partial charge on any atom is -0.489 e. The van der Waals surface area contributed by atoms with Gasteiger partial charge in [-0.05, 0) is 69.2 Å². The van der Waals surface area contributed by atoms with E-state index in [-0.39, 0.29) is 16.9 Å². The third kappa shape index (κ3) is 7.47. The van der Waals surface area contributed by atoms with Crippen LogP contribution in [0, 0.1) is 0 Å². The van der Waals surface area contributed by atoms with Gasteiger partial charge in [0.15, 0.2) is 5.82 Å². The Balaban J connectivity index is 1.52. The van der Waals surface area contributed by atoms with E-state index in [1.165, 1.54) is 16.4 Å². The van der Waals surface area contributed by atoms with E-state index in [0.29, 0.717) is 61.2 Å². The Morgan fingerprint density at radius 3 is 2.36 bits per heavy atom. The van der Waals surface area contributed by atoms with E-state index in [0.717, 1.165) is 5.57 Å². The zero-order valence-electron chi connectivity index (χ0n) is 22.6. The number of aryl methyl sites for hydroxylation is 1. The zero-order chi connectivity index (χ0) is 28.0. The number of carbonyl (C=O) groups excluding carboxylic acids is 1. The molecule has 0 bridgehead atoms. The van der Waals surface area contributed by atoms with Crippen molar-refractivity contribution in [2.45, 2.75) is 37.7 Å². The van der Waals surface area contributed by atoms with Crippen LogP contribution in [0.3, 0.4) is 0 Å². The van der Waals surface area contributed by atoms with Crippen LogP contribution in [0.5, 0.6) is 17.2 Å². The number of hydrogen-bond acceptors (Lipinski definition) is 7. The highest BCUT2D eigenvalue weighted by Gasteiger charge is 2.29. The van der Waals surface area contributed by atoms with Crippen molar-refractivity contribution in [3.63, 3.8) is 0 Å². The molecule has 3 aromatic rings. The van der Waals surface area contributed by atoms with E-state index in [9.17, 15) is 13.2 Å². The Bertz CT molecular complexity index is 1420. The van der Waals surface area contributed by atoms with Gasteiger partial charge in [-0.3, -0.25) is 9.48 Å². The number of carbonyl (C=O) groups is 1. The summed E-state index contributed by atoms with van der Waals surface area (Å²) in [5.74, 6) is 1.29. The minimum absolute atomic E-state index is 0.0879. The molecule has 10 nitrogen and oxygen atoms in total. The van der Waals surface area contributed by atoms with Crippen molar-refractivity contribution in [2.75, 3.05) is 32.1 Å². The smallest absolute Gasteiger partial charge is 0.257 e. The number of benzene rings is 2. The van der Waals surface area contributed by atoms with Crippen molar-refractivity contribution >= 4 is 21.7 Å². The summed E-state index contributed by atoms with van der Waals surface area (Å²) < 4.78 is 46.4. The highest BCUT2D eigenvalue weighted by atomic mass is 32.2. The van der Waals surface area contributed by atoms with Gasteiger partial charge in [-0.2, -0.15) is 9.40 Å². The second kappa shape index (κ2) is 12.5. The van der Waals surface area contributed by atoms with Crippen LogP contribution < -0.4 is 14.8 Å². The average molecular weight is 555 g/mol. The molecule has 2 aromatic carbocycles. The lowest BCUT2D eigenvalue weighted by Crippen LogP contribution is -2.40. The van der Waals surface area contributed by atoms with Gasteiger partial charge in [0.25, 0.3) is 5.91 Å². The number of methoxy groups -OCH3 is 1. The molecule has 2 heterocycles. The summed E-state index contributed by atoms with van der Waals surface area (Å²) in [6, 6.07) is 12.8. The van der Waals surface area contributed by atoms with E-state index in [4.69, 9.17) is 14.2 Å². The second-order valence-electron chi connectivity index (χ2n) is 9.53. The molecule has 1 fully saturated rings. The summed E-state index contributed by atoms with van der Waals surface area (Å²) in [6.45, 7) is 5.12. The van der Waals surface area contributed by atoms with Crippen molar-refractivity contribution in [3.8, 4) is 17.2 Å². The fourth-order valence-electron chi connectivity index (χ4n) is 4.09. The van der Waals surface area contributed by atoms with Crippen molar-refractivity contribution in [1.82, 2.24) is 14.1 Å². The number of hydrogen-bond donors (Lipinski definition) is 1. The normalized spacial score (nSPS) is 14.6. The molecule has 4 rings (SSSR count). The Morgan fingerprint density at radius 1 is 1.05 bits per heavy atom. The number of nitrogens with one attached hydrogen (secondary N) is 1. The zero-order valence-corrected chi connectivity index (χ0v) is 23.4. The van der Waals surface area contributed by atoms with E-state index < -0.39 is 10.0 Å². The molecule has 1 aromatic heterocycles. The van der Waals surface area contributed by atoms with E-state index in [1.54, 1.807) is 61.4 Å². The summed E-state index contributed by atoms with van der Waals surface area (Å²) in [6.07, 6.45) is 5.08. The molecule has 1 aliphatic rings. The van der Waals surface area contributed by atoms with Crippen molar-refractivity contribution in [1.29, 1.82) is 0 Å². The van der Waals surface area contributed by atoms with Gasteiger partial charge in [-0.15, -0.1) is 0 Å². The molecule has 208 valence electrons. The van der Waals surface area contributed by atoms with Gasteiger partial charge in [0.1, 0.15) is 23.9 Å². The summed E-state index contributed by atoms with van der Waals surface area (Å²) in [7, 11) is -0.207. The lowest BCUT2D eigenvalue weighted by atomic mass is 10.1. The van der Waals surface area contributed by atoms with Crippen LogP contribution in [0.25, 0.3) is 0 Å². The van der Waals surface area contributed by atoms with Crippen LogP contribution >= 0.6 is 0 Å². The molecule has 0 radical (unpaired) electrons. The number of allylic oxidation sites excluding steroid dienone is 1. The Hall–Kier alpha value is -3.67. The first-order chi connectivity index (χ1) is 18.6. The molecule has 1 saturated heterocycles. The van der Waals surface area contributed by atoms with Gasteiger partial charge in [0.05, 0.1) is 11.0 Å². The molecule has 1 aliphatic heterocycles. The summed E-state index contributed by atoms with van der Waals surface area (Å²) in [5.41, 5.74) is 1.43. The first-order valence-corrected chi connectivity index (χ1v) is 14.1. The topological polar surface area (TPSA) is 112 Å². The number of ether oxygens (including phenoxy) is 3. The number of nitrogens with zero attached hydrogens (tertiary/aromatic N) is 3. The highest BCUT2D eigenvalue weighted by Crippen LogP contribution is 2.30. The number of piperidine rings is 1. The molecule has 1 N–H and O–H groups in total. The van der Waals surface area contributed by atoms with Crippen molar-refractivity contribution < 1.29 is 27.4 Å². The number of amides is 1. The molecular weight excluding hydrogens is 520 g/mol. The van der Waals surface area contributed by atoms with Gasteiger partial charge in [0, 0.05) is 51.1 Å². The number of rotatable bonds is 10. The molecule has 11 heteroatoms. The number of sulfonamides is 1. The van der Waals surface area contributed by atoms with Gasteiger partial charge in [0.2, 0.25) is 10.0 Å². The van der Waals surface area contributed by atoms with Crippen LogP contribution in [0.4, 0.5) is 5.82 Å². The quantitative estimate of drug-likeness (QED) is 0.364. The first-order valence-electron chi connectivity index (χ1n) is 12.7. The van der Waals surface area contributed by atoms with Crippen LogP contribution in [0.2, 0.25) is 0 Å². The van der Waals surface area contributed by atoms with Crippen LogP contribution in [-0.2, 0) is 21.8 Å². The average Bonchev–Trinajstić information content (AvgIpc) is 3.33. The van der Waals surface area contributed by atoms with Gasteiger partial charge < -0.3 is 19.5 Å². The summed E-state index contributed by atoms with van der Waals surface area (Å²) >= 11 is 0. The maximum absolute atomic E-state index is 13.1. The predicted molar refractivity (Wildman–Crippen MR) is 148 cm³/mol. The van der Waals surface area contributed by atoms with Gasteiger partial charge in [-0.1, -0.05) is 5.57 Å². The molecule has 0 aliphatic carbocycles. The monoisotopic (exact) mass is 554 g/mol. The molecule has 0 saturated carbocycles. The SMILES string of the molecule is COC1CCN(S(=O)(=O)c2ccc(Oc3cc(OCC=C(C)C)cc(C(=O)Nc4ccn(C)n4)c3)cc2)CC1. The van der Waals surface area contributed by atoms with E-state index in [1.807, 2.05) is 19.9 Å². The predicted octanol–water partition coefficient (Wildman–Crippen LogP) is 4.61. The summed E-state index contributed by atoms with van der Waals surface area (Å²) in [4.78, 5) is 13.1. The van der Waals surface area contributed by atoms with Crippen LogP contribution in [0.15, 0.2) is 71.3 Å². The maximum Gasteiger partial charge on any atom is 0.257 e. The molecule has 1 amide bonds. The molecule has 0 spiro atoms. The number of anilines is 1. The fourth-order valence-corrected chi connectivity index (χ4v) is 5.56. The van der Waals surface area contributed by atoms with E-state index >= 15 is 0 Å². The number of aromatic nitrogens is 2. The first kappa shape index (κ1) is 28.3. The second-order valence-corrected chi connectivity index (χ2v) is 11.5. The van der Waals surface area contributed by atoms with Crippen molar-refractivity contribution in [3.05, 3.63) is 71.9 Å². The van der Waals surface area contributed by atoms with Gasteiger partial charge >= 0.3 is 0 Å².